The van der Waals surface area contributed by atoms with Gasteiger partial charge in [0.2, 0.25) is 0 Å². The summed E-state index contributed by atoms with van der Waals surface area (Å²) >= 11 is 0. The van der Waals surface area contributed by atoms with Gasteiger partial charge in [0.25, 0.3) is 0 Å². The van der Waals surface area contributed by atoms with Crippen LogP contribution in [0.15, 0.2) is 30.5 Å². The summed E-state index contributed by atoms with van der Waals surface area (Å²) in [4.78, 5) is 11.1. The SMILES string of the molecule is Cc1ccccc1-c1nn(C)cc1C(=O)O. The molecule has 2 rings (SSSR count). The first-order valence-electron chi connectivity index (χ1n) is 4.92. The van der Waals surface area contributed by atoms with Crippen molar-refractivity contribution in [1.82, 2.24) is 9.78 Å². The number of benzene rings is 1. The largest absolute Gasteiger partial charge is 0.478 e. The first-order valence-corrected chi connectivity index (χ1v) is 4.92. The number of carboxylic acid groups (broad SMARTS) is 1. The lowest BCUT2D eigenvalue weighted by atomic mass is 10.0. The first kappa shape index (κ1) is 10.4. The lowest BCUT2D eigenvalue weighted by Crippen LogP contribution is -1.97. The Hall–Kier alpha value is -2.10. The quantitative estimate of drug-likeness (QED) is 0.836. The zero-order chi connectivity index (χ0) is 11.7. The highest BCUT2D eigenvalue weighted by Gasteiger charge is 2.16. The molecule has 16 heavy (non-hydrogen) atoms. The third-order valence-corrected chi connectivity index (χ3v) is 2.46. The van der Waals surface area contributed by atoms with E-state index in [9.17, 15) is 4.79 Å². The van der Waals surface area contributed by atoms with Crippen molar-refractivity contribution in [1.29, 1.82) is 0 Å². The van der Waals surface area contributed by atoms with E-state index in [1.165, 1.54) is 10.9 Å². The van der Waals surface area contributed by atoms with Crippen LogP contribution in [0.4, 0.5) is 0 Å². The van der Waals surface area contributed by atoms with Gasteiger partial charge in [0.05, 0.1) is 0 Å². The Bertz CT molecular complexity index is 544. The van der Waals surface area contributed by atoms with Crippen molar-refractivity contribution in [3.05, 3.63) is 41.6 Å². The summed E-state index contributed by atoms with van der Waals surface area (Å²) in [7, 11) is 1.72. The van der Waals surface area contributed by atoms with Crippen LogP contribution in [0.1, 0.15) is 15.9 Å². The number of carbonyl (C=O) groups is 1. The van der Waals surface area contributed by atoms with E-state index in [1.54, 1.807) is 7.05 Å². The highest BCUT2D eigenvalue weighted by atomic mass is 16.4. The second kappa shape index (κ2) is 3.81. The second-order valence-electron chi connectivity index (χ2n) is 3.69. The number of carboxylic acids is 1. The number of rotatable bonds is 2. The van der Waals surface area contributed by atoms with Gasteiger partial charge in [-0.25, -0.2) is 4.79 Å². The van der Waals surface area contributed by atoms with E-state index < -0.39 is 5.97 Å². The molecule has 0 radical (unpaired) electrons. The van der Waals surface area contributed by atoms with Crippen LogP contribution in [-0.2, 0) is 7.05 Å². The summed E-state index contributed by atoms with van der Waals surface area (Å²) in [5, 5.41) is 13.3. The lowest BCUT2D eigenvalue weighted by Gasteiger charge is -2.02. The maximum atomic E-state index is 11.1. The Morgan fingerprint density at radius 1 is 1.38 bits per heavy atom. The molecule has 0 amide bonds. The van der Waals surface area contributed by atoms with Crippen LogP contribution in [0.2, 0.25) is 0 Å². The predicted molar refractivity (Wildman–Crippen MR) is 60.3 cm³/mol. The van der Waals surface area contributed by atoms with Crippen LogP contribution in [0, 0.1) is 6.92 Å². The molecular formula is C12H12N2O2. The van der Waals surface area contributed by atoms with Crippen LogP contribution in [0.25, 0.3) is 11.3 Å². The molecule has 4 heteroatoms. The molecule has 0 aliphatic rings. The van der Waals surface area contributed by atoms with Gasteiger partial charge in [0.1, 0.15) is 11.3 Å². The maximum Gasteiger partial charge on any atom is 0.339 e. The summed E-state index contributed by atoms with van der Waals surface area (Å²) in [5.41, 5.74) is 2.63. The fraction of sp³-hybridized carbons (Fsp3) is 0.167. The van der Waals surface area contributed by atoms with Gasteiger partial charge in [0.15, 0.2) is 0 Å². The fourth-order valence-corrected chi connectivity index (χ4v) is 1.68. The number of aromatic carboxylic acids is 1. The topological polar surface area (TPSA) is 55.1 Å². The van der Waals surface area contributed by atoms with E-state index in [1.807, 2.05) is 31.2 Å². The third kappa shape index (κ3) is 1.69. The van der Waals surface area contributed by atoms with Gasteiger partial charge in [-0.05, 0) is 12.5 Å². The van der Waals surface area contributed by atoms with E-state index in [0.29, 0.717) is 5.69 Å². The van der Waals surface area contributed by atoms with E-state index in [0.717, 1.165) is 11.1 Å². The predicted octanol–water partition coefficient (Wildman–Crippen LogP) is 2.09. The molecular weight excluding hydrogens is 204 g/mol. The van der Waals surface area contributed by atoms with Crippen molar-refractivity contribution in [3.8, 4) is 11.3 Å². The molecule has 0 atom stereocenters. The molecule has 0 fully saturated rings. The number of nitrogens with zero attached hydrogens (tertiary/aromatic N) is 2. The second-order valence-corrected chi connectivity index (χ2v) is 3.69. The van der Waals surface area contributed by atoms with Crippen molar-refractivity contribution < 1.29 is 9.90 Å². The van der Waals surface area contributed by atoms with Gasteiger partial charge < -0.3 is 5.11 Å². The average Bonchev–Trinajstić information content (AvgIpc) is 2.61. The lowest BCUT2D eigenvalue weighted by molar-refractivity contribution is 0.0697. The van der Waals surface area contributed by atoms with Crippen molar-refractivity contribution in [3.63, 3.8) is 0 Å². The molecule has 0 unspecified atom stereocenters. The van der Waals surface area contributed by atoms with Crippen molar-refractivity contribution in [2.24, 2.45) is 7.05 Å². The van der Waals surface area contributed by atoms with Crippen LogP contribution in [0.3, 0.4) is 0 Å². The molecule has 2 aromatic rings. The third-order valence-electron chi connectivity index (χ3n) is 2.46. The fourth-order valence-electron chi connectivity index (χ4n) is 1.68. The highest BCUT2D eigenvalue weighted by Crippen LogP contribution is 2.24. The average molecular weight is 216 g/mol. The Labute approximate surface area is 93.1 Å². The van der Waals surface area contributed by atoms with E-state index in [2.05, 4.69) is 5.10 Å². The Kier molecular flexibility index (Phi) is 2.48. The molecule has 1 aromatic heterocycles. The Morgan fingerprint density at radius 2 is 2.06 bits per heavy atom. The summed E-state index contributed by atoms with van der Waals surface area (Å²) in [5.74, 6) is -0.952. The number of aromatic nitrogens is 2. The zero-order valence-corrected chi connectivity index (χ0v) is 9.14. The van der Waals surface area contributed by atoms with Crippen molar-refractivity contribution in [2.75, 3.05) is 0 Å². The molecule has 0 spiro atoms. The Morgan fingerprint density at radius 3 is 2.69 bits per heavy atom. The number of hydrogen-bond donors (Lipinski definition) is 1. The van der Waals surface area contributed by atoms with Gasteiger partial charge in [0, 0.05) is 18.8 Å². The standard InChI is InChI=1S/C12H12N2O2/c1-8-5-3-4-6-9(8)11-10(12(15)16)7-14(2)13-11/h3-7H,1-2H3,(H,15,16). The van der Waals surface area contributed by atoms with E-state index in [4.69, 9.17) is 5.11 Å². The number of hydrogen-bond acceptors (Lipinski definition) is 2. The summed E-state index contributed by atoms with van der Waals surface area (Å²) in [6.45, 7) is 1.94. The molecule has 1 heterocycles. The molecule has 1 N–H and O–H groups in total. The van der Waals surface area contributed by atoms with Gasteiger partial charge >= 0.3 is 5.97 Å². The molecule has 0 bridgehead atoms. The summed E-state index contributed by atoms with van der Waals surface area (Å²) in [6, 6.07) is 7.62. The smallest absolute Gasteiger partial charge is 0.339 e. The van der Waals surface area contributed by atoms with Crippen LogP contribution in [0.5, 0.6) is 0 Å². The molecule has 0 aliphatic heterocycles. The van der Waals surface area contributed by atoms with Crippen molar-refractivity contribution in [2.45, 2.75) is 6.92 Å². The molecule has 82 valence electrons. The normalized spacial score (nSPS) is 10.4. The molecule has 1 aromatic carbocycles. The van der Waals surface area contributed by atoms with Crippen LogP contribution < -0.4 is 0 Å². The van der Waals surface area contributed by atoms with Crippen LogP contribution in [-0.4, -0.2) is 20.9 Å². The molecule has 4 nitrogen and oxygen atoms in total. The Balaban J connectivity index is 2.64. The summed E-state index contributed by atoms with van der Waals surface area (Å²) in [6.07, 6.45) is 1.52. The maximum absolute atomic E-state index is 11.1. The summed E-state index contributed by atoms with van der Waals surface area (Å²) < 4.78 is 1.52. The highest BCUT2D eigenvalue weighted by molar-refractivity contribution is 5.95. The first-order chi connectivity index (χ1) is 7.59. The molecule has 0 saturated carbocycles. The van der Waals surface area contributed by atoms with Crippen LogP contribution >= 0.6 is 0 Å². The van der Waals surface area contributed by atoms with E-state index >= 15 is 0 Å². The van der Waals surface area contributed by atoms with Gasteiger partial charge in [-0.1, -0.05) is 24.3 Å². The number of aryl methyl sites for hydroxylation is 2. The molecule has 0 aliphatic carbocycles. The van der Waals surface area contributed by atoms with Gasteiger partial charge in [-0.3, -0.25) is 4.68 Å². The van der Waals surface area contributed by atoms with Gasteiger partial charge in [-0.15, -0.1) is 0 Å². The molecule has 0 saturated heterocycles. The van der Waals surface area contributed by atoms with E-state index in [-0.39, 0.29) is 5.56 Å². The monoisotopic (exact) mass is 216 g/mol. The minimum atomic E-state index is -0.952. The minimum absolute atomic E-state index is 0.233. The minimum Gasteiger partial charge on any atom is -0.478 e. The van der Waals surface area contributed by atoms with Gasteiger partial charge in [-0.2, -0.15) is 5.10 Å². The zero-order valence-electron chi connectivity index (χ0n) is 9.14. The van der Waals surface area contributed by atoms with Crippen molar-refractivity contribution >= 4 is 5.97 Å².